The number of hydrogen-bond donors (Lipinski definition) is 1. The monoisotopic (exact) mass is 252 g/mol. The molecule has 17 heavy (non-hydrogen) atoms. The molecule has 2 aliphatic rings. The van der Waals surface area contributed by atoms with Crippen LogP contribution in [0.1, 0.15) is 26.7 Å². The number of ether oxygens (including phenoxy) is 1. The van der Waals surface area contributed by atoms with Crippen molar-refractivity contribution >= 4 is 0 Å². The van der Waals surface area contributed by atoms with Gasteiger partial charge in [0.1, 0.15) is 0 Å². The average molecular weight is 252 g/mol. The van der Waals surface area contributed by atoms with Crippen molar-refractivity contribution in [2.45, 2.75) is 45.1 Å². The molecule has 5 heteroatoms. The number of rotatable bonds is 1. The number of aliphatic hydroxyl groups is 1. The summed E-state index contributed by atoms with van der Waals surface area (Å²) in [5.74, 6) is -1.29. The molecule has 0 unspecified atom stereocenters. The summed E-state index contributed by atoms with van der Waals surface area (Å²) in [5, 5.41) is 9.30. The van der Waals surface area contributed by atoms with Crippen molar-refractivity contribution in [2.75, 3.05) is 6.61 Å². The van der Waals surface area contributed by atoms with Crippen LogP contribution in [0, 0.1) is 23.7 Å². The highest BCUT2D eigenvalue weighted by atomic mass is 19.4. The van der Waals surface area contributed by atoms with E-state index in [0.717, 1.165) is 0 Å². The molecule has 2 nitrogen and oxygen atoms in total. The summed E-state index contributed by atoms with van der Waals surface area (Å²) >= 11 is 0. The first-order valence-corrected chi connectivity index (χ1v) is 6.17. The van der Waals surface area contributed by atoms with Crippen LogP contribution in [0.4, 0.5) is 13.2 Å². The van der Waals surface area contributed by atoms with Crippen molar-refractivity contribution in [3.05, 3.63) is 0 Å². The Balaban J connectivity index is 2.16. The summed E-state index contributed by atoms with van der Waals surface area (Å²) < 4.78 is 43.9. The van der Waals surface area contributed by atoms with Crippen LogP contribution in [0.2, 0.25) is 0 Å². The van der Waals surface area contributed by atoms with E-state index >= 15 is 0 Å². The molecule has 0 aromatic rings. The standard InChI is InChI=1S/C12H19F3O2/c1-6-7(2)17-10-4-9(12(13,14)15)3-8(5-16)11(6)10/h6-11,16H,3-5H2,1-2H3/t6-,7-,8+,9+,10+,11+/m1/s1. The molecule has 0 radical (unpaired) electrons. The number of fused-ring (bicyclic) bond motifs is 1. The van der Waals surface area contributed by atoms with E-state index in [0.29, 0.717) is 0 Å². The number of hydrogen-bond acceptors (Lipinski definition) is 2. The lowest BCUT2D eigenvalue weighted by Crippen LogP contribution is -2.42. The first-order chi connectivity index (χ1) is 7.84. The SMILES string of the molecule is C[C@H]1[C@H]2[C@H](CO)C[C@H](C(F)(F)F)C[C@@H]2O[C@@H]1C. The van der Waals surface area contributed by atoms with E-state index in [9.17, 15) is 18.3 Å². The summed E-state index contributed by atoms with van der Waals surface area (Å²) in [5.41, 5.74) is 0. The summed E-state index contributed by atoms with van der Waals surface area (Å²) in [6.07, 6.45) is -4.42. The third-order valence-electron chi connectivity index (χ3n) is 4.51. The van der Waals surface area contributed by atoms with Crippen molar-refractivity contribution in [2.24, 2.45) is 23.7 Å². The minimum atomic E-state index is -4.17. The fourth-order valence-corrected chi connectivity index (χ4v) is 3.45. The molecule has 0 amide bonds. The zero-order valence-corrected chi connectivity index (χ0v) is 10.1. The number of alkyl halides is 3. The molecule has 2 fully saturated rings. The van der Waals surface area contributed by atoms with Crippen LogP contribution in [-0.4, -0.2) is 30.1 Å². The lowest BCUT2D eigenvalue weighted by Gasteiger charge is -2.38. The molecule has 1 saturated heterocycles. The quantitative estimate of drug-likeness (QED) is 0.777. The second kappa shape index (κ2) is 4.43. The predicted molar refractivity (Wildman–Crippen MR) is 56.3 cm³/mol. The largest absolute Gasteiger partial charge is 0.396 e. The van der Waals surface area contributed by atoms with Crippen LogP contribution in [0.3, 0.4) is 0 Å². The fraction of sp³-hybridized carbons (Fsp3) is 1.00. The zero-order chi connectivity index (χ0) is 12.8. The molecule has 0 bridgehead atoms. The Kier molecular flexibility index (Phi) is 3.42. The maximum Gasteiger partial charge on any atom is 0.391 e. The third kappa shape index (κ3) is 2.32. The highest BCUT2D eigenvalue weighted by Gasteiger charge is 2.53. The van der Waals surface area contributed by atoms with Gasteiger partial charge in [-0.15, -0.1) is 0 Å². The molecule has 0 aromatic heterocycles. The molecule has 100 valence electrons. The molecular formula is C12H19F3O2. The number of aliphatic hydroxyl groups excluding tert-OH is 1. The van der Waals surface area contributed by atoms with Gasteiger partial charge in [0.2, 0.25) is 0 Å². The van der Waals surface area contributed by atoms with Gasteiger partial charge in [-0.2, -0.15) is 13.2 Å². The number of halogens is 3. The Morgan fingerprint density at radius 2 is 1.88 bits per heavy atom. The summed E-state index contributed by atoms with van der Waals surface area (Å²) in [6.45, 7) is 3.74. The predicted octanol–water partition coefficient (Wildman–Crippen LogP) is 2.61. The van der Waals surface area contributed by atoms with E-state index in [-0.39, 0.29) is 49.4 Å². The minimum Gasteiger partial charge on any atom is -0.396 e. The van der Waals surface area contributed by atoms with Crippen molar-refractivity contribution in [3.63, 3.8) is 0 Å². The molecule has 1 N–H and O–H groups in total. The van der Waals surface area contributed by atoms with Crippen LogP contribution in [0.25, 0.3) is 0 Å². The van der Waals surface area contributed by atoms with Gasteiger partial charge in [-0.3, -0.25) is 0 Å². The summed E-state index contributed by atoms with van der Waals surface area (Å²) in [4.78, 5) is 0. The molecule has 1 aliphatic carbocycles. The highest BCUT2D eigenvalue weighted by molar-refractivity contribution is 4.96. The van der Waals surface area contributed by atoms with Gasteiger partial charge in [-0.1, -0.05) is 6.92 Å². The van der Waals surface area contributed by atoms with Crippen molar-refractivity contribution in [1.82, 2.24) is 0 Å². The normalized spacial score (nSPS) is 46.9. The van der Waals surface area contributed by atoms with Crippen LogP contribution in [-0.2, 0) is 4.74 Å². The molecule has 1 aliphatic heterocycles. The fourth-order valence-electron chi connectivity index (χ4n) is 3.45. The van der Waals surface area contributed by atoms with Crippen LogP contribution < -0.4 is 0 Å². The van der Waals surface area contributed by atoms with E-state index in [4.69, 9.17) is 4.74 Å². The van der Waals surface area contributed by atoms with Gasteiger partial charge < -0.3 is 9.84 Å². The van der Waals surface area contributed by atoms with Crippen molar-refractivity contribution < 1.29 is 23.0 Å². The Morgan fingerprint density at radius 1 is 1.24 bits per heavy atom. The van der Waals surface area contributed by atoms with Gasteiger partial charge >= 0.3 is 6.18 Å². The van der Waals surface area contributed by atoms with E-state index in [1.807, 2.05) is 13.8 Å². The Morgan fingerprint density at radius 3 is 2.41 bits per heavy atom. The van der Waals surface area contributed by atoms with Gasteiger partial charge in [0, 0.05) is 6.61 Å². The third-order valence-corrected chi connectivity index (χ3v) is 4.51. The van der Waals surface area contributed by atoms with Gasteiger partial charge in [-0.05, 0) is 37.5 Å². The Bertz CT molecular complexity index is 271. The van der Waals surface area contributed by atoms with Crippen molar-refractivity contribution in [3.8, 4) is 0 Å². The average Bonchev–Trinajstić information content (AvgIpc) is 2.52. The van der Waals surface area contributed by atoms with Crippen LogP contribution in [0.15, 0.2) is 0 Å². The molecular weight excluding hydrogens is 233 g/mol. The second-order valence-electron chi connectivity index (χ2n) is 5.47. The molecule has 0 aromatic carbocycles. The van der Waals surface area contributed by atoms with Gasteiger partial charge in [0.05, 0.1) is 18.1 Å². The maximum atomic E-state index is 12.8. The minimum absolute atomic E-state index is 0.00830. The van der Waals surface area contributed by atoms with Gasteiger partial charge in [0.25, 0.3) is 0 Å². The van der Waals surface area contributed by atoms with Crippen LogP contribution >= 0.6 is 0 Å². The summed E-state index contributed by atoms with van der Waals surface area (Å²) in [6, 6.07) is 0. The smallest absolute Gasteiger partial charge is 0.391 e. The van der Waals surface area contributed by atoms with Gasteiger partial charge in [-0.25, -0.2) is 0 Å². The van der Waals surface area contributed by atoms with Crippen LogP contribution in [0.5, 0.6) is 0 Å². The Labute approximate surface area is 99.1 Å². The van der Waals surface area contributed by atoms with Gasteiger partial charge in [0.15, 0.2) is 0 Å². The lowest BCUT2D eigenvalue weighted by atomic mass is 9.68. The van der Waals surface area contributed by atoms with E-state index in [1.165, 1.54) is 0 Å². The Hall–Kier alpha value is -0.290. The first-order valence-electron chi connectivity index (χ1n) is 6.17. The highest BCUT2D eigenvalue weighted by Crippen LogP contribution is 2.50. The molecule has 6 atom stereocenters. The lowest BCUT2D eigenvalue weighted by molar-refractivity contribution is -0.201. The molecule has 1 saturated carbocycles. The molecule has 0 spiro atoms. The molecule has 2 rings (SSSR count). The van der Waals surface area contributed by atoms with E-state index < -0.39 is 12.1 Å². The second-order valence-corrected chi connectivity index (χ2v) is 5.47. The molecule has 1 heterocycles. The zero-order valence-electron chi connectivity index (χ0n) is 10.1. The maximum absolute atomic E-state index is 12.8. The first kappa shape index (κ1) is 13.1. The topological polar surface area (TPSA) is 29.5 Å². The van der Waals surface area contributed by atoms with Crippen molar-refractivity contribution in [1.29, 1.82) is 0 Å². The van der Waals surface area contributed by atoms with E-state index in [1.54, 1.807) is 0 Å². The summed E-state index contributed by atoms with van der Waals surface area (Å²) in [7, 11) is 0. The van der Waals surface area contributed by atoms with E-state index in [2.05, 4.69) is 0 Å².